The van der Waals surface area contributed by atoms with Gasteiger partial charge in [-0.15, -0.1) is 0 Å². The maximum Gasteiger partial charge on any atom is 0.743 e. The lowest BCUT2D eigenvalue weighted by molar-refractivity contribution is -0.136. The van der Waals surface area contributed by atoms with Gasteiger partial charge in [0.1, 0.15) is 0 Å². The van der Waals surface area contributed by atoms with Crippen molar-refractivity contribution in [2.75, 3.05) is 0 Å². The van der Waals surface area contributed by atoms with Crippen molar-refractivity contribution in [3.8, 4) is 0 Å². The van der Waals surface area contributed by atoms with Crippen LogP contribution in [-0.4, -0.2) is 29.4 Å². The molecule has 6 heteroatoms. The molecule has 0 aromatic heterocycles. The molecule has 0 saturated carbocycles. The summed E-state index contributed by atoms with van der Waals surface area (Å²) in [6.07, 6.45) is 0. The van der Waals surface area contributed by atoms with Crippen molar-refractivity contribution in [1.29, 1.82) is 0 Å². The molecule has 0 radical (unpaired) electrons. The van der Waals surface area contributed by atoms with Crippen LogP contribution in [0.4, 0.5) is 0 Å². The first-order valence-electron chi connectivity index (χ1n) is 2.39. The van der Waals surface area contributed by atoms with E-state index in [9.17, 15) is 4.79 Å². The van der Waals surface area contributed by atoms with Crippen LogP contribution in [-0.2, 0) is 9.22 Å². The Morgan fingerprint density at radius 1 is 1.50 bits per heavy atom. The largest absolute Gasteiger partial charge is 0.743 e. The van der Waals surface area contributed by atoms with Gasteiger partial charge in [-0.2, -0.15) is 0 Å². The molecule has 0 fully saturated rings. The molecule has 0 amide bonds. The molecule has 10 heavy (non-hydrogen) atoms. The first-order chi connectivity index (χ1) is 4.33. The van der Waals surface area contributed by atoms with E-state index in [1.165, 1.54) is 6.92 Å². The van der Waals surface area contributed by atoms with Gasteiger partial charge in [0.05, 0.1) is 0 Å². The molecular weight excluding hydrogens is 156 g/mol. The van der Waals surface area contributed by atoms with Crippen LogP contribution in [0.2, 0.25) is 0 Å². The third-order valence-electron chi connectivity index (χ3n) is 0.578. The summed E-state index contributed by atoms with van der Waals surface area (Å²) in [5.41, 5.74) is -0.00553. The topological polar surface area (TPSA) is 87.0 Å². The molecule has 0 aliphatic carbocycles. The summed E-state index contributed by atoms with van der Waals surface area (Å²) < 4.78 is 3.77. The Bertz CT molecular complexity index is 158. The highest BCUT2D eigenvalue weighted by molar-refractivity contribution is 6.51. The zero-order valence-electron chi connectivity index (χ0n) is 5.37. The molecule has 0 saturated heterocycles. The molecule has 0 heterocycles. The van der Waals surface area contributed by atoms with Gasteiger partial charge in [-0.1, -0.05) is 6.58 Å². The quantitative estimate of drug-likeness (QED) is 0.342. The first kappa shape index (κ1) is 9.31. The van der Waals surface area contributed by atoms with E-state index in [1.54, 1.807) is 0 Å². The third kappa shape index (κ3) is 4.21. The summed E-state index contributed by atoms with van der Waals surface area (Å²) >= 11 is 0. The first-order valence-corrected chi connectivity index (χ1v) is 4.14. The van der Waals surface area contributed by atoms with E-state index in [4.69, 9.17) is 14.4 Å². The Morgan fingerprint density at radius 2 is 1.90 bits per heavy atom. The number of rotatable bonds is 2. The van der Waals surface area contributed by atoms with Crippen molar-refractivity contribution >= 4 is 15.0 Å². The maximum atomic E-state index is 10.4. The van der Waals surface area contributed by atoms with Crippen LogP contribution in [0, 0.1) is 0 Å². The summed E-state index contributed by atoms with van der Waals surface area (Å²) in [5, 5.41) is 0. The molecule has 0 atom stereocenters. The van der Waals surface area contributed by atoms with E-state index in [1.807, 2.05) is 0 Å². The second kappa shape index (κ2) is 2.93. The van der Waals surface area contributed by atoms with E-state index < -0.39 is 15.0 Å². The predicted molar refractivity (Wildman–Crippen MR) is 33.3 cm³/mol. The van der Waals surface area contributed by atoms with Crippen LogP contribution < -0.4 is 0 Å². The summed E-state index contributed by atoms with van der Waals surface area (Å²) in [6, 6.07) is 0. The zero-order valence-corrected chi connectivity index (χ0v) is 6.37. The number of hydrogen-bond donors (Lipinski definition) is 3. The summed E-state index contributed by atoms with van der Waals surface area (Å²) in [5.74, 6) is -1.01. The lowest BCUT2D eigenvalue weighted by Gasteiger charge is -2.08. The minimum Gasteiger partial charge on any atom is -0.449 e. The fourth-order valence-corrected chi connectivity index (χ4v) is 0.634. The van der Waals surface area contributed by atoms with E-state index >= 15 is 0 Å². The molecule has 0 aromatic rings. The molecule has 58 valence electrons. The van der Waals surface area contributed by atoms with Crippen LogP contribution in [0.5, 0.6) is 0 Å². The van der Waals surface area contributed by atoms with Gasteiger partial charge in [-0.25, -0.2) is 4.79 Å². The molecule has 0 aliphatic heterocycles. The van der Waals surface area contributed by atoms with Crippen LogP contribution in [0.3, 0.4) is 0 Å². The molecule has 5 nitrogen and oxygen atoms in total. The van der Waals surface area contributed by atoms with E-state index in [2.05, 4.69) is 11.0 Å². The molecule has 0 aliphatic rings. The second-order valence-electron chi connectivity index (χ2n) is 1.74. The summed E-state index contributed by atoms with van der Waals surface area (Å²) in [6.45, 7) is 4.48. The average Bonchev–Trinajstić information content (AvgIpc) is 1.60. The Morgan fingerprint density at radius 3 is 2.00 bits per heavy atom. The van der Waals surface area contributed by atoms with Crippen LogP contribution in [0.15, 0.2) is 12.2 Å². The van der Waals surface area contributed by atoms with Crippen LogP contribution in [0.25, 0.3) is 0 Å². The SMILES string of the molecule is C=C(C)C(=O)O[Si](O)(O)O. The molecule has 0 aromatic carbocycles. The third-order valence-corrected chi connectivity index (χ3v) is 1.04. The van der Waals surface area contributed by atoms with Gasteiger partial charge in [0.15, 0.2) is 0 Å². The van der Waals surface area contributed by atoms with Gasteiger partial charge in [0.25, 0.3) is 0 Å². The van der Waals surface area contributed by atoms with Crippen molar-refractivity contribution in [2.24, 2.45) is 0 Å². The molecule has 0 spiro atoms. The van der Waals surface area contributed by atoms with Crippen molar-refractivity contribution in [3.63, 3.8) is 0 Å². The van der Waals surface area contributed by atoms with Gasteiger partial charge in [-0.05, 0) is 6.92 Å². The highest BCUT2D eigenvalue weighted by Crippen LogP contribution is 1.96. The predicted octanol–water partition coefficient (Wildman–Crippen LogP) is -1.48. The molecule has 0 bridgehead atoms. The van der Waals surface area contributed by atoms with Crippen molar-refractivity contribution in [2.45, 2.75) is 6.92 Å². The maximum absolute atomic E-state index is 10.4. The van der Waals surface area contributed by atoms with Crippen molar-refractivity contribution in [1.82, 2.24) is 0 Å². The highest BCUT2D eigenvalue weighted by atomic mass is 28.4. The number of carbonyl (C=O) groups is 1. The Hall–Kier alpha value is -0.693. The van der Waals surface area contributed by atoms with Gasteiger partial charge in [0, 0.05) is 5.57 Å². The molecule has 3 N–H and O–H groups in total. The summed E-state index contributed by atoms with van der Waals surface area (Å²) in [4.78, 5) is 35.0. The van der Waals surface area contributed by atoms with E-state index in [-0.39, 0.29) is 5.57 Å². The lowest BCUT2D eigenvalue weighted by atomic mass is 10.4. The molecular formula is C4H8O5Si. The van der Waals surface area contributed by atoms with Crippen molar-refractivity contribution < 1.29 is 23.6 Å². The van der Waals surface area contributed by atoms with Gasteiger partial charge in [-0.3, -0.25) is 0 Å². The zero-order chi connectivity index (χ0) is 8.36. The molecule has 0 unspecified atom stereocenters. The fraction of sp³-hybridized carbons (Fsp3) is 0.250. The standard InChI is InChI=1S/C4H8O5Si/c1-3(2)4(5)9-10(6,7)8/h6-8H,1H2,2H3. The van der Waals surface area contributed by atoms with E-state index in [0.717, 1.165) is 0 Å². The van der Waals surface area contributed by atoms with E-state index in [0.29, 0.717) is 0 Å². The fourth-order valence-electron chi connectivity index (χ4n) is 0.211. The Labute approximate surface area is 58.7 Å². The van der Waals surface area contributed by atoms with Crippen molar-refractivity contribution in [3.05, 3.63) is 12.2 Å². The minimum absolute atomic E-state index is 0.00553. The molecule has 0 rings (SSSR count). The second-order valence-corrected chi connectivity index (χ2v) is 3.10. The number of carbonyl (C=O) groups excluding carboxylic acids is 1. The Kier molecular flexibility index (Phi) is 2.73. The minimum atomic E-state index is -4.69. The van der Waals surface area contributed by atoms with Crippen LogP contribution >= 0.6 is 0 Å². The number of hydrogen-bond acceptors (Lipinski definition) is 5. The average molecular weight is 164 g/mol. The van der Waals surface area contributed by atoms with Gasteiger partial charge in [0.2, 0.25) is 0 Å². The smallest absolute Gasteiger partial charge is 0.449 e. The Balaban J connectivity index is 3.93. The highest BCUT2D eigenvalue weighted by Gasteiger charge is 2.35. The van der Waals surface area contributed by atoms with Crippen LogP contribution in [0.1, 0.15) is 6.92 Å². The summed E-state index contributed by atoms with van der Waals surface area (Å²) in [7, 11) is -4.69. The monoisotopic (exact) mass is 164 g/mol. The lowest BCUT2D eigenvalue weighted by Crippen LogP contribution is -2.41. The van der Waals surface area contributed by atoms with Gasteiger partial charge >= 0.3 is 15.0 Å². The normalized spacial score (nSPS) is 10.8. The van der Waals surface area contributed by atoms with Gasteiger partial charge < -0.3 is 18.8 Å².